The minimum Gasteiger partial charge on any atom is -0.352 e. The topological polar surface area (TPSA) is 84.0 Å². The van der Waals surface area contributed by atoms with Crippen LogP contribution in [-0.4, -0.2) is 28.3 Å². The van der Waals surface area contributed by atoms with Crippen LogP contribution in [0.25, 0.3) is 11.3 Å². The van der Waals surface area contributed by atoms with Gasteiger partial charge < -0.3 is 10.6 Å². The van der Waals surface area contributed by atoms with Gasteiger partial charge in [0.15, 0.2) is 5.13 Å². The molecule has 0 unspecified atom stereocenters. The Bertz CT molecular complexity index is 850. The standard InChI is InChI=1S/C18H16N4O2S/c23-16(8-10-20-17(24)13-5-2-1-3-6-13)22-18-21-15(12-25-18)14-7-4-9-19-11-14/h1-7,9,11-12H,8,10H2,(H,20,24)(H,21,22,23). The van der Waals surface area contributed by atoms with Crippen LogP contribution < -0.4 is 10.6 Å². The third-order valence-electron chi connectivity index (χ3n) is 3.38. The summed E-state index contributed by atoms with van der Waals surface area (Å²) in [6.07, 6.45) is 3.60. The van der Waals surface area contributed by atoms with Crippen LogP contribution in [0.1, 0.15) is 16.8 Å². The monoisotopic (exact) mass is 352 g/mol. The molecule has 126 valence electrons. The van der Waals surface area contributed by atoms with E-state index in [4.69, 9.17) is 0 Å². The maximum Gasteiger partial charge on any atom is 0.251 e. The second-order valence-corrected chi connectivity index (χ2v) is 6.06. The molecule has 0 atom stereocenters. The lowest BCUT2D eigenvalue weighted by Crippen LogP contribution is -2.27. The summed E-state index contributed by atoms with van der Waals surface area (Å²) in [5, 5.41) is 7.86. The normalized spacial score (nSPS) is 10.2. The number of aromatic nitrogens is 2. The quantitative estimate of drug-likeness (QED) is 0.714. The van der Waals surface area contributed by atoms with E-state index in [1.54, 1.807) is 36.7 Å². The first-order chi connectivity index (χ1) is 12.2. The van der Waals surface area contributed by atoms with Gasteiger partial charge in [-0.05, 0) is 24.3 Å². The van der Waals surface area contributed by atoms with E-state index in [-0.39, 0.29) is 24.8 Å². The van der Waals surface area contributed by atoms with Crippen LogP contribution in [0.4, 0.5) is 5.13 Å². The van der Waals surface area contributed by atoms with Gasteiger partial charge in [0.1, 0.15) is 0 Å². The maximum atomic E-state index is 12.0. The number of carbonyl (C=O) groups is 2. The summed E-state index contributed by atoms with van der Waals surface area (Å²) in [6.45, 7) is 0.264. The number of thiazole rings is 1. The molecule has 3 rings (SSSR count). The molecule has 0 fully saturated rings. The number of amides is 2. The Balaban J connectivity index is 1.47. The lowest BCUT2D eigenvalue weighted by atomic mass is 10.2. The zero-order valence-corrected chi connectivity index (χ0v) is 14.1. The fourth-order valence-corrected chi connectivity index (χ4v) is 2.88. The average molecular weight is 352 g/mol. The van der Waals surface area contributed by atoms with Gasteiger partial charge in [-0.25, -0.2) is 4.98 Å². The fourth-order valence-electron chi connectivity index (χ4n) is 2.14. The molecule has 0 radical (unpaired) electrons. The Morgan fingerprint density at radius 2 is 1.92 bits per heavy atom. The third-order valence-corrected chi connectivity index (χ3v) is 4.14. The van der Waals surface area contributed by atoms with Crippen LogP contribution in [0.2, 0.25) is 0 Å². The number of nitrogens with zero attached hydrogens (tertiary/aromatic N) is 2. The van der Waals surface area contributed by atoms with Crippen molar-refractivity contribution in [3.63, 3.8) is 0 Å². The van der Waals surface area contributed by atoms with Gasteiger partial charge in [-0.1, -0.05) is 18.2 Å². The Hall–Kier alpha value is -3.06. The van der Waals surface area contributed by atoms with Crippen LogP contribution in [0.15, 0.2) is 60.2 Å². The predicted molar refractivity (Wildman–Crippen MR) is 97.4 cm³/mol. The van der Waals surface area contributed by atoms with Crippen molar-refractivity contribution in [1.29, 1.82) is 0 Å². The first-order valence-corrected chi connectivity index (χ1v) is 8.59. The van der Waals surface area contributed by atoms with E-state index in [1.165, 1.54) is 11.3 Å². The minimum atomic E-state index is -0.194. The molecule has 0 aliphatic rings. The molecule has 0 saturated carbocycles. The third kappa shape index (κ3) is 4.71. The molecule has 6 nitrogen and oxygen atoms in total. The van der Waals surface area contributed by atoms with Gasteiger partial charge in [0, 0.05) is 41.9 Å². The van der Waals surface area contributed by atoms with Gasteiger partial charge in [0.25, 0.3) is 5.91 Å². The molecule has 3 aromatic rings. The molecule has 0 bridgehead atoms. The average Bonchev–Trinajstić information content (AvgIpc) is 3.11. The molecule has 2 amide bonds. The highest BCUT2D eigenvalue weighted by molar-refractivity contribution is 7.14. The highest BCUT2D eigenvalue weighted by atomic mass is 32.1. The Morgan fingerprint density at radius 1 is 1.08 bits per heavy atom. The molecular weight excluding hydrogens is 336 g/mol. The van der Waals surface area contributed by atoms with Gasteiger partial charge in [-0.15, -0.1) is 11.3 Å². The van der Waals surface area contributed by atoms with E-state index in [1.807, 2.05) is 23.6 Å². The van der Waals surface area contributed by atoms with Crippen molar-refractivity contribution in [3.05, 3.63) is 65.8 Å². The summed E-state index contributed by atoms with van der Waals surface area (Å²) in [6, 6.07) is 12.6. The van der Waals surface area contributed by atoms with Gasteiger partial charge in [0.2, 0.25) is 5.91 Å². The molecule has 0 aliphatic heterocycles. The van der Waals surface area contributed by atoms with E-state index in [2.05, 4.69) is 20.6 Å². The van der Waals surface area contributed by atoms with E-state index < -0.39 is 0 Å². The Labute approximate surface area is 149 Å². The highest BCUT2D eigenvalue weighted by Gasteiger charge is 2.09. The second-order valence-electron chi connectivity index (χ2n) is 5.20. The number of pyridine rings is 1. The molecule has 1 aromatic carbocycles. The first kappa shape index (κ1) is 16.8. The van der Waals surface area contributed by atoms with Crippen LogP contribution >= 0.6 is 11.3 Å². The van der Waals surface area contributed by atoms with Gasteiger partial charge in [0.05, 0.1) is 5.69 Å². The number of hydrogen-bond donors (Lipinski definition) is 2. The SMILES string of the molecule is O=C(CCNC(=O)c1ccccc1)Nc1nc(-c2cccnc2)cs1. The number of benzene rings is 1. The van der Waals surface area contributed by atoms with Crippen molar-refractivity contribution >= 4 is 28.3 Å². The number of anilines is 1. The molecule has 25 heavy (non-hydrogen) atoms. The van der Waals surface area contributed by atoms with Crippen molar-refractivity contribution in [3.8, 4) is 11.3 Å². The van der Waals surface area contributed by atoms with Gasteiger partial charge in [-0.3, -0.25) is 14.6 Å². The number of rotatable bonds is 6. The van der Waals surface area contributed by atoms with E-state index >= 15 is 0 Å². The molecule has 0 saturated heterocycles. The van der Waals surface area contributed by atoms with Crippen molar-refractivity contribution in [1.82, 2.24) is 15.3 Å². The van der Waals surface area contributed by atoms with Crippen molar-refractivity contribution in [2.45, 2.75) is 6.42 Å². The summed E-state index contributed by atoms with van der Waals surface area (Å²) in [7, 11) is 0. The first-order valence-electron chi connectivity index (χ1n) is 7.71. The summed E-state index contributed by atoms with van der Waals surface area (Å²) >= 11 is 1.35. The van der Waals surface area contributed by atoms with Gasteiger partial charge in [-0.2, -0.15) is 0 Å². The van der Waals surface area contributed by atoms with Crippen LogP contribution in [0.5, 0.6) is 0 Å². The molecule has 2 heterocycles. The Kier molecular flexibility index (Phi) is 5.48. The summed E-state index contributed by atoms with van der Waals surface area (Å²) in [5.41, 5.74) is 2.24. The van der Waals surface area contributed by atoms with Crippen LogP contribution in [0.3, 0.4) is 0 Å². The summed E-state index contributed by atoms with van der Waals surface area (Å²) in [4.78, 5) is 32.3. The van der Waals surface area contributed by atoms with Crippen molar-refractivity contribution in [2.24, 2.45) is 0 Å². The van der Waals surface area contributed by atoms with Crippen LogP contribution in [-0.2, 0) is 4.79 Å². The summed E-state index contributed by atoms with van der Waals surface area (Å²) < 4.78 is 0. The summed E-state index contributed by atoms with van der Waals surface area (Å²) in [5.74, 6) is -0.387. The minimum absolute atomic E-state index is 0.181. The molecule has 2 N–H and O–H groups in total. The molecule has 7 heteroatoms. The van der Waals surface area contributed by atoms with Crippen molar-refractivity contribution < 1.29 is 9.59 Å². The van der Waals surface area contributed by atoms with Gasteiger partial charge >= 0.3 is 0 Å². The number of nitrogens with one attached hydrogen (secondary N) is 2. The largest absolute Gasteiger partial charge is 0.352 e. The van der Waals surface area contributed by atoms with E-state index in [0.717, 1.165) is 11.3 Å². The Morgan fingerprint density at radius 3 is 2.68 bits per heavy atom. The molecule has 0 spiro atoms. The molecular formula is C18H16N4O2S. The highest BCUT2D eigenvalue weighted by Crippen LogP contribution is 2.24. The lowest BCUT2D eigenvalue weighted by Gasteiger charge is -2.05. The number of hydrogen-bond acceptors (Lipinski definition) is 5. The molecule has 2 aromatic heterocycles. The van der Waals surface area contributed by atoms with E-state index in [0.29, 0.717) is 10.7 Å². The zero-order valence-electron chi connectivity index (χ0n) is 13.3. The predicted octanol–water partition coefficient (Wildman–Crippen LogP) is 2.96. The van der Waals surface area contributed by atoms with Crippen LogP contribution in [0, 0.1) is 0 Å². The fraction of sp³-hybridized carbons (Fsp3) is 0.111. The van der Waals surface area contributed by atoms with E-state index in [9.17, 15) is 9.59 Å². The molecule has 0 aliphatic carbocycles. The second kappa shape index (κ2) is 8.16. The number of carbonyl (C=O) groups excluding carboxylic acids is 2. The lowest BCUT2D eigenvalue weighted by molar-refractivity contribution is -0.116. The smallest absolute Gasteiger partial charge is 0.251 e. The zero-order chi connectivity index (χ0) is 17.5. The maximum absolute atomic E-state index is 12.0. The van der Waals surface area contributed by atoms with Crippen molar-refractivity contribution in [2.75, 3.05) is 11.9 Å².